The van der Waals surface area contributed by atoms with Crippen molar-refractivity contribution < 1.29 is 14.4 Å². The fourth-order valence-electron chi connectivity index (χ4n) is 4.10. The van der Waals surface area contributed by atoms with Gasteiger partial charge in [-0.05, 0) is 37.1 Å². The first-order chi connectivity index (χ1) is 14.6. The lowest BCUT2D eigenvalue weighted by Gasteiger charge is -2.25. The Morgan fingerprint density at radius 2 is 1.93 bits per heavy atom. The molecular formula is C22H20N4O3S. The maximum atomic E-state index is 13.1. The van der Waals surface area contributed by atoms with Gasteiger partial charge in [0.15, 0.2) is 0 Å². The van der Waals surface area contributed by atoms with E-state index in [1.807, 2.05) is 24.3 Å². The van der Waals surface area contributed by atoms with Gasteiger partial charge in [0.2, 0.25) is 11.8 Å². The van der Waals surface area contributed by atoms with Gasteiger partial charge in [0, 0.05) is 6.54 Å². The van der Waals surface area contributed by atoms with Crippen molar-refractivity contribution in [1.29, 1.82) is 0 Å². The normalized spacial score (nSPS) is 21.1. The number of hydrogen-bond donors (Lipinski definition) is 2. The number of para-hydroxylation sites is 2. The zero-order valence-electron chi connectivity index (χ0n) is 16.1. The van der Waals surface area contributed by atoms with Crippen LogP contribution in [0.4, 0.5) is 5.69 Å². The van der Waals surface area contributed by atoms with Crippen molar-refractivity contribution in [2.45, 2.75) is 31.3 Å². The Morgan fingerprint density at radius 3 is 2.80 bits per heavy atom. The number of nitrogens with one attached hydrogen (secondary N) is 2. The molecule has 3 heterocycles. The first kappa shape index (κ1) is 18.7. The standard InChI is InChI=1S/C22H20N4O3S/c27-19(12-16-21(29)23-14-7-2-1-6-13(14)20(28)24-16)26-11-5-9-17(26)22-25-15-8-3-4-10-18(15)30-22/h1-4,6-8,10,16-17H,5,9,11-12H2,(H,23,29)(H,24,28)/t16-,17-/m0/s1. The number of nitrogens with zero attached hydrogens (tertiary/aromatic N) is 2. The molecule has 30 heavy (non-hydrogen) atoms. The van der Waals surface area contributed by atoms with Gasteiger partial charge >= 0.3 is 0 Å². The average molecular weight is 420 g/mol. The summed E-state index contributed by atoms with van der Waals surface area (Å²) in [5, 5.41) is 6.38. The van der Waals surface area contributed by atoms with Gasteiger partial charge in [0.05, 0.1) is 33.9 Å². The predicted molar refractivity (Wildman–Crippen MR) is 114 cm³/mol. The molecule has 0 radical (unpaired) electrons. The number of hydrogen-bond acceptors (Lipinski definition) is 5. The second-order valence-electron chi connectivity index (χ2n) is 7.53. The monoisotopic (exact) mass is 420 g/mol. The van der Waals surface area contributed by atoms with Gasteiger partial charge < -0.3 is 15.5 Å². The van der Waals surface area contributed by atoms with Crippen LogP contribution in [0.3, 0.4) is 0 Å². The Hall–Kier alpha value is -3.26. The van der Waals surface area contributed by atoms with Crippen LogP contribution in [0.5, 0.6) is 0 Å². The third-order valence-corrected chi connectivity index (χ3v) is 6.74. The van der Waals surface area contributed by atoms with Crippen molar-refractivity contribution in [3.63, 3.8) is 0 Å². The summed E-state index contributed by atoms with van der Waals surface area (Å²) in [7, 11) is 0. The summed E-state index contributed by atoms with van der Waals surface area (Å²) < 4.78 is 1.10. The van der Waals surface area contributed by atoms with Crippen molar-refractivity contribution in [2.24, 2.45) is 0 Å². The van der Waals surface area contributed by atoms with E-state index in [2.05, 4.69) is 10.6 Å². The quantitative estimate of drug-likeness (QED) is 0.681. The molecule has 1 fully saturated rings. The van der Waals surface area contributed by atoms with Crippen LogP contribution in [-0.4, -0.2) is 40.2 Å². The molecule has 2 aliphatic rings. The van der Waals surface area contributed by atoms with Gasteiger partial charge in [-0.3, -0.25) is 14.4 Å². The minimum Gasteiger partial charge on any atom is -0.340 e. The first-order valence-electron chi connectivity index (χ1n) is 9.96. The number of likely N-dealkylation sites (tertiary alicyclic amines) is 1. The lowest BCUT2D eigenvalue weighted by molar-refractivity contribution is -0.134. The van der Waals surface area contributed by atoms with E-state index < -0.39 is 6.04 Å². The van der Waals surface area contributed by atoms with Gasteiger partial charge in [0.1, 0.15) is 11.0 Å². The molecule has 0 bridgehead atoms. The highest BCUT2D eigenvalue weighted by Gasteiger charge is 2.36. The highest BCUT2D eigenvalue weighted by molar-refractivity contribution is 7.18. The van der Waals surface area contributed by atoms with E-state index in [4.69, 9.17) is 4.98 Å². The van der Waals surface area contributed by atoms with E-state index in [-0.39, 0.29) is 30.2 Å². The second-order valence-corrected chi connectivity index (χ2v) is 8.59. The molecule has 152 valence electrons. The molecule has 3 amide bonds. The number of fused-ring (bicyclic) bond motifs is 2. The van der Waals surface area contributed by atoms with Crippen molar-refractivity contribution >= 4 is 45.0 Å². The number of carbonyl (C=O) groups is 3. The topological polar surface area (TPSA) is 91.4 Å². The first-order valence-corrected chi connectivity index (χ1v) is 10.8. The number of anilines is 1. The highest BCUT2D eigenvalue weighted by Crippen LogP contribution is 2.37. The lowest BCUT2D eigenvalue weighted by atomic mass is 10.1. The van der Waals surface area contributed by atoms with Crippen LogP contribution >= 0.6 is 11.3 Å². The van der Waals surface area contributed by atoms with Gasteiger partial charge in [-0.1, -0.05) is 24.3 Å². The lowest BCUT2D eigenvalue weighted by Crippen LogP contribution is -2.45. The number of amides is 3. The Kier molecular flexibility index (Phi) is 4.71. The van der Waals surface area contributed by atoms with Gasteiger partial charge in [0.25, 0.3) is 5.91 Å². The third-order valence-electron chi connectivity index (χ3n) is 5.60. The van der Waals surface area contributed by atoms with Crippen LogP contribution in [0.15, 0.2) is 48.5 Å². The van der Waals surface area contributed by atoms with E-state index >= 15 is 0 Å². The Morgan fingerprint density at radius 1 is 1.13 bits per heavy atom. The molecule has 2 aromatic carbocycles. The number of rotatable bonds is 3. The second kappa shape index (κ2) is 7.53. The molecule has 8 heteroatoms. The van der Waals surface area contributed by atoms with Gasteiger partial charge in [-0.2, -0.15) is 0 Å². The Balaban J connectivity index is 1.34. The van der Waals surface area contributed by atoms with E-state index in [9.17, 15) is 14.4 Å². The molecule has 1 aromatic heterocycles. The van der Waals surface area contributed by atoms with Gasteiger partial charge in [-0.15, -0.1) is 11.3 Å². The highest BCUT2D eigenvalue weighted by atomic mass is 32.1. The number of carbonyl (C=O) groups excluding carboxylic acids is 3. The SMILES string of the molecule is O=C1N[C@@H](CC(=O)N2CCC[C@H]2c2nc3ccccc3s2)C(=O)Nc2ccccc21. The van der Waals surface area contributed by atoms with E-state index in [0.717, 1.165) is 28.1 Å². The molecule has 2 aliphatic heterocycles. The number of benzene rings is 2. The van der Waals surface area contributed by atoms with E-state index in [1.54, 1.807) is 40.5 Å². The Labute approximate surface area is 177 Å². The summed E-state index contributed by atoms with van der Waals surface area (Å²) in [6, 6.07) is 13.8. The summed E-state index contributed by atoms with van der Waals surface area (Å²) in [4.78, 5) is 44.8. The largest absolute Gasteiger partial charge is 0.340 e. The fraction of sp³-hybridized carbons (Fsp3) is 0.273. The van der Waals surface area contributed by atoms with Crippen LogP contribution in [-0.2, 0) is 9.59 Å². The van der Waals surface area contributed by atoms with E-state index in [0.29, 0.717) is 17.8 Å². The Bertz CT molecular complexity index is 1120. The van der Waals surface area contributed by atoms with Crippen LogP contribution in [0, 0.1) is 0 Å². The zero-order valence-corrected chi connectivity index (χ0v) is 16.9. The van der Waals surface area contributed by atoms with Crippen LogP contribution in [0.2, 0.25) is 0 Å². The van der Waals surface area contributed by atoms with Crippen molar-refractivity contribution in [3.8, 4) is 0 Å². The third kappa shape index (κ3) is 3.33. The fourth-order valence-corrected chi connectivity index (χ4v) is 5.22. The van der Waals surface area contributed by atoms with Crippen molar-refractivity contribution in [2.75, 3.05) is 11.9 Å². The molecule has 2 N–H and O–H groups in total. The average Bonchev–Trinajstić information content (AvgIpc) is 3.37. The molecule has 3 aromatic rings. The van der Waals surface area contributed by atoms with Crippen LogP contribution < -0.4 is 10.6 Å². The molecule has 0 unspecified atom stereocenters. The van der Waals surface area contributed by atoms with E-state index in [1.165, 1.54) is 0 Å². The number of thiazole rings is 1. The zero-order chi connectivity index (χ0) is 20.7. The summed E-state index contributed by atoms with van der Waals surface area (Å²) in [6.07, 6.45) is 1.66. The molecule has 5 rings (SSSR count). The summed E-state index contributed by atoms with van der Waals surface area (Å²) in [5.74, 6) is -0.883. The maximum Gasteiger partial charge on any atom is 0.254 e. The summed E-state index contributed by atoms with van der Waals surface area (Å²) in [5.41, 5.74) is 1.79. The smallest absolute Gasteiger partial charge is 0.254 e. The maximum absolute atomic E-state index is 13.1. The summed E-state index contributed by atoms with van der Waals surface area (Å²) in [6.45, 7) is 0.627. The molecule has 0 saturated carbocycles. The van der Waals surface area contributed by atoms with Gasteiger partial charge in [-0.25, -0.2) is 4.98 Å². The van der Waals surface area contributed by atoms with Crippen LogP contribution in [0.1, 0.15) is 40.7 Å². The molecular weight excluding hydrogens is 400 g/mol. The van der Waals surface area contributed by atoms with Crippen molar-refractivity contribution in [3.05, 3.63) is 59.1 Å². The molecule has 1 saturated heterocycles. The minimum atomic E-state index is -0.908. The van der Waals surface area contributed by atoms with Crippen molar-refractivity contribution in [1.82, 2.24) is 15.2 Å². The minimum absolute atomic E-state index is 0.0764. The predicted octanol–water partition coefficient (Wildman–Crippen LogP) is 3.10. The summed E-state index contributed by atoms with van der Waals surface area (Å²) >= 11 is 1.60. The molecule has 2 atom stereocenters. The molecule has 7 nitrogen and oxygen atoms in total. The van der Waals surface area contributed by atoms with Crippen LogP contribution in [0.25, 0.3) is 10.2 Å². The molecule has 0 aliphatic carbocycles. The number of aromatic nitrogens is 1. The molecule has 0 spiro atoms.